The first-order valence-electron chi connectivity index (χ1n) is 15.6. The van der Waals surface area contributed by atoms with Crippen LogP contribution < -0.4 is 20.4 Å². The highest BCUT2D eigenvalue weighted by Crippen LogP contribution is 2.63. The van der Waals surface area contributed by atoms with E-state index in [0.29, 0.717) is 12.0 Å². The molecule has 1 fully saturated rings. The van der Waals surface area contributed by atoms with Crippen LogP contribution in [0.5, 0.6) is 11.5 Å². The van der Waals surface area contributed by atoms with Gasteiger partial charge in [-0.2, -0.15) is 0 Å². The lowest BCUT2D eigenvalue weighted by Gasteiger charge is -2.58. The Balaban J connectivity index is 1.55. The van der Waals surface area contributed by atoms with Crippen LogP contribution in [0.15, 0.2) is 29.3 Å². The maximum atomic E-state index is 7.19. The van der Waals surface area contributed by atoms with Crippen LogP contribution in [0.4, 0.5) is 0 Å². The summed E-state index contributed by atoms with van der Waals surface area (Å²) in [5, 5.41) is 0.237. The minimum absolute atomic E-state index is 0.0327. The van der Waals surface area contributed by atoms with Crippen molar-refractivity contribution in [1.29, 1.82) is 0 Å². The number of piperidine rings is 1. The molecule has 2 bridgehead atoms. The molecular weight excluding hydrogens is 545 g/mol. The molecule has 0 amide bonds. The first-order valence-corrected chi connectivity index (χ1v) is 21.4. The lowest BCUT2D eigenvalue weighted by Crippen LogP contribution is -2.66. The molecule has 228 valence electrons. The number of nitrogens with one attached hydrogen (secondary N) is 1. The third-order valence-corrected chi connectivity index (χ3v) is 20.1. The lowest BCUT2D eigenvalue weighted by molar-refractivity contribution is -0.0480. The summed E-state index contributed by atoms with van der Waals surface area (Å²) in [5.74, 6) is 7.69. The fourth-order valence-electron chi connectivity index (χ4n) is 6.99. The Bertz CT molecular complexity index is 1200. The third kappa shape index (κ3) is 5.13. The lowest BCUT2D eigenvalue weighted by atomic mass is 9.53. The number of hydrogen-bond acceptors (Lipinski definition) is 6. The quantitative estimate of drug-likeness (QED) is 0.0674. The number of benzene rings is 1. The second-order valence-corrected chi connectivity index (χ2v) is 25.2. The molecule has 2 aliphatic carbocycles. The monoisotopic (exact) mass is 598 g/mol. The zero-order chi connectivity index (χ0) is 30.0. The molecule has 0 saturated carbocycles. The Labute approximate surface area is 250 Å². The van der Waals surface area contributed by atoms with E-state index in [1.165, 1.54) is 11.1 Å². The number of hydrazine groups is 1. The summed E-state index contributed by atoms with van der Waals surface area (Å²) < 4.78 is 21.3. The SMILES string of the molecule is CC(C)(C)[Si](C)(C)Oc1ccc2c3c1OC1C(O[Si](C)(C)C(C)(C)C)C=C[C@H]4[C@@H](C2)N(CCCN=CNN)CC[C@]314. The van der Waals surface area contributed by atoms with Crippen molar-refractivity contribution in [2.45, 2.75) is 121 Å². The van der Waals surface area contributed by atoms with Gasteiger partial charge < -0.3 is 19.0 Å². The molecule has 2 unspecified atom stereocenters. The zero-order valence-corrected chi connectivity index (χ0v) is 29.1. The van der Waals surface area contributed by atoms with Gasteiger partial charge in [-0.25, -0.2) is 5.84 Å². The number of nitrogens with two attached hydrogens (primary N) is 1. The van der Waals surface area contributed by atoms with E-state index < -0.39 is 16.6 Å². The predicted octanol–water partition coefficient (Wildman–Crippen LogP) is 6.16. The van der Waals surface area contributed by atoms with Crippen LogP contribution in [0.25, 0.3) is 0 Å². The minimum Gasteiger partial charge on any atom is -0.541 e. The van der Waals surface area contributed by atoms with Crippen LogP contribution in [-0.2, 0) is 16.3 Å². The van der Waals surface area contributed by atoms with E-state index in [-0.39, 0.29) is 27.7 Å². The molecule has 41 heavy (non-hydrogen) atoms. The predicted molar refractivity (Wildman–Crippen MR) is 174 cm³/mol. The Hall–Kier alpha value is -1.66. The maximum absolute atomic E-state index is 7.19. The largest absolute Gasteiger partial charge is 0.541 e. The number of rotatable bonds is 9. The van der Waals surface area contributed by atoms with Gasteiger partial charge in [0.05, 0.1) is 6.34 Å². The molecule has 0 radical (unpaired) electrons. The van der Waals surface area contributed by atoms with E-state index in [9.17, 15) is 0 Å². The number of hydrogen-bond donors (Lipinski definition) is 2. The summed E-state index contributed by atoms with van der Waals surface area (Å²) in [6, 6.07) is 5.00. The number of nitrogens with zero attached hydrogens (tertiary/aromatic N) is 2. The fraction of sp³-hybridized carbons (Fsp3) is 0.719. The average Bonchev–Trinajstić information content (AvgIpc) is 3.21. The van der Waals surface area contributed by atoms with E-state index in [1.807, 2.05) is 0 Å². The van der Waals surface area contributed by atoms with Crippen molar-refractivity contribution in [2.75, 3.05) is 19.6 Å². The summed E-state index contributed by atoms with van der Waals surface area (Å²) in [7, 11) is -4.09. The maximum Gasteiger partial charge on any atom is 0.250 e. The first kappa shape index (κ1) is 30.8. The van der Waals surface area contributed by atoms with Gasteiger partial charge in [-0.1, -0.05) is 59.8 Å². The molecule has 4 aliphatic rings. The molecule has 2 aliphatic heterocycles. The summed E-state index contributed by atoms with van der Waals surface area (Å²) >= 11 is 0. The summed E-state index contributed by atoms with van der Waals surface area (Å²) in [6.07, 6.45) is 9.48. The van der Waals surface area contributed by atoms with Gasteiger partial charge in [-0.05, 0) is 73.7 Å². The van der Waals surface area contributed by atoms with E-state index >= 15 is 0 Å². The van der Waals surface area contributed by atoms with Crippen molar-refractivity contribution < 1.29 is 13.6 Å². The van der Waals surface area contributed by atoms with Crippen LogP contribution in [-0.4, -0.2) is 65.8 Å². The molecule has 5 rings (SSSR count). The fourth-order valence-corrected chi connectivity index (χ4v) is 9.24. The summed E-state index contributed by atoms with van der Waals surface area (Å²) in [5.41, 5.74) is 5.28. The molecule has 9 heteroatoms. The molecule has 0 aromatic heterocycles. The van der Waals surface area contributed by atoms with E-state index in [2.05, 4.69) is 107 Å². The molecule has 1 aromatic rings. The highest BCUT2D eigenvalue weighted by atomic mass is 28.4. The molecule has 1 saturated heterocycles. The van der Waals surface area contributed by atoms with E-state index in [0.717, 1.165) is 50.4 Å². The zero-order valence-electron chi connectivity index (χ0n) is 27.1. The number of ether oxygens (including phenoxy) is 1. The van der Waals surface area contributed by atoms with E-state index in [1.54, 1.807) is 6.34 Å². The first-order chi connectivity index (χ1) is 19.0. The Morgan fingerprint density at radius 1 is 1.10 bits per heavy atom. The van der Waals surface area contributed by atoms with Crippen molar-refractivity contribution >= 4 is 23.0 Å². The standard InChI is InChI=1S/C32H54N4O3Si2/c1-30(2,3)40(7,8)38-25-14-12-22-20-24-23-13-15-26(39-41(9,10)31(4,5)6)29-32(23,27(22)28(25)37-29)16-19-36(24)18-11-17-34-21-35-33/h12-15,21,23-24,26,29H,11,16-20,33H2,1-10H3,(H,34,35)/t23-,24+,26?,29?,32-/m0/s1. The van der Waals surface area contributed by atoms with Crippen molar-refractivity contribution in [3.63, 3.8) is 0 Å². The number of aliphatic imine (C=N–C) groups is 1. The van der Waals surface area contributed by atoms with Gasteiger partial charge in [-0.3, -0.25) is 9.89 Å². The van der Waals surface area contributed by atoms with Gasteiger partial charge in [0.25, 0.3) is 8.32 Å². The molecule has 1 aromatic carbocycles. The van der Waals surface area contributed by atoms with Gasteiger partial charge in [0.2, 0.25) is 0 Å². The molecule has 2 heterocycles. The topological polar surface area (TPSA) is 81.3 Å². The number of likely N-dealkylation sites (tertiary alicyclic amines) is 1. The van der Waals surface area contributed by atoms with Gasteiger partial charge in [0, 0.05) is 36.0 Å². The Morgan fingerprint density at radius 3 is 2.46 bits per heavy atom. The summed E-state index contributed by atoms with van der Waals surface area (Å²) in [4.78, 5) is 7.07. The van der Waals surface area contributed by atoms with Gasteiger partial charge in [0.15, 0.2) is 14.1 Å². The van der Waals surface area contributed by atoms with Gasteiger partial charge in [0.1, 0.15) is 18.0 Å². The second kappa shape index (κ2) is 10.5. The summed E-state index contributed by atoms with van der Waals surface area (Å²) in [6.45, 7) is 26.1. The van der Waals surface area contributed by atoms with Gasteiger partial charge in [-0.15, -0.1) is 0 Å². The second-order valence-electron chi connectivity index (χ2n) is 15.7. The highest BCUT2D eigenvalue weighted by Gasteiger charge is 2.65. The smallest absolute Gasteiger partial charge is 0.250 e. The molecule has 1 spiro atoms. The highest BCUT2D eigenvalue weighted by molar-refractivity contribution is 6.75. The van der Waals surface area contributed by atoms with Crippen LogP contribution >= 0.6 is 0 Å². The average molecular weight is 599 g/mol. The van der Waals surface area contributed by atoms with Crippen LogP contribution in [0.1, 0.15) is 65.5 Å². The minimum atomic E-state index is -2.06. The molecule has 7 nitrogen and oxygen atoms in total. The normalized spacial score (nSPS) is 29.4. The molecular formula is C32H54N4O3Si2. The third-order valence-electron chi connectivity index (χ3n) is 11.3. The Morgan fingerprint density at radius 2 is 1.80 bits per heavy atom. The Kier molecular flexibility index (Phi) is 7.89. The van der Waals surface area contributed by atoms with Crippen molar-refractivity contribution in [2.24, 2.45) is 16.8 Å². The van der Waals surface area contributed by atoms with Gasteiger partial charge >= 0.3 is 0 Å². The molecule has 3 N–H and O–H groups in total. The van der Waals surface area contributed by atoms with Crippen molar-refractivity contribution in [1.82, 2.24) is 10.3 Å². The van der Waals surface area contributed by atoms with E-state index in [4.69, 9.17) is 19.4 Å². The van der Waals surface area contributed by atoms with Crippen molar-refractivity contribution in [3.8, 4) is 11.5 Å². The molecule has 5 atom stereocenters. The van der Waals surface area contributed by atoms with Crippen molar-refractivity contribution in [3.05, 3.63) is 35.4 Å². The van der Waals surface area contributed by atoms with Crippen LogP contribution in [0.2, 0.25) is 36.3 Å². The van der Waals surface area contributed by atoms with Crippen LogP contribution in [0.3, 0.4) is 0 Å². The van der Waals surface area contributed by atoms with Crippen LogP contribution in [0, 0.1) is 5.92 Å².